The summed E-state index contributed by atoms with van der Waals surface area (Å²) >= 11 is 1.56. The van der Waals surface area contributed by atoms with Crippen molar-refractivity contribution in [3.05, 3.63) is 70.5 Å². The molecule has 0 bridgehead atoms. The van der Waals surface area contributed by atoms with Crippen LogP contribution in [0.4, 0.5) is 0 Å². The normalized spacial score (nSPS) is 10.8. The van der Waals surface area contributed by atoms with Gasteiger partial charge in [-0.05, 0) is 24.6 Å². The van der Waals surface area contributed by atoms with Crippen molar-refractivity contribution in [3.63, 3.8) is 0 Å². The summed E-state index contributed by atoms with van der Waals surface area (Å²) in [4.78, 5) is 8.78. The van der Waals surface area contributed by atoms with Gasteiger partial charge < -0.3 is 9.26 Å². The summed E-state index contributed by atoms with van der Waals surface area (Å²) < 4.78 is 11.1. The molecule has 0 aliphatic heterocycles. The molecule has 0 N–H and O–H groups in total. The molecule has 25 heavy (non-hydrogen) atoms. The monoisotopic (exact) mass is 349 g/mol. The molecule has 0 atom stereocenters. The number of rotatable bonds is 5. The van der Waals surface area contributed by atoms with E-state index < -0.39 is 0 Å². The first-order chi connectivity index (χ1) is 12.3. The molecular weight excluding hydrogens is 334 g/mol. The second-order valence-electron chi connectivity index (χ2n) is 5.47. The van der Waals surface area contributed by atoms with E-state index in [2.05, 4.69) is 15.1 Å². The van der Waals surface area contributed by atoms with E-state index in [-0.39, 0.29) is 0 Å². The van der Waals surface area contributed by atoms with Crippen molar-refractivity contribution in [2.24, 2.45) is 0 Å². The summed E-state index contributed by atoms with van der Waals surface area (Å²) in [7, 11) is 0. The summed E-state index contributed by atoms with van der Waals surface area (Å²) in [6.45, 7) is 2.46. The van der Waals surface area contributed by atoms with Crippen molar-refractivity contribution in [1.82, 2.24) is 15.1 Å². The van der Waals surface area contributed by atoms with E-state index in [1.165, 1.54) is 0 Å². The number of benzene rings is 2. The molecule has 0 radical (unpaired) electrons. The number of aryl methyl sites for hydroxylation is 1. The molecule has 4 rings (SSSR count). The highest BCUT2D eigenvalue weighted by molar-refractivity contribution is 7.09. The first-order valence-corrected chi connectivity index (χ1v) is 8.69. The molecule has 0 fully saturated rings. The quantitative estimate of drug-likeness (QED) is 0.520. The van der Waals surface area contributed by atoms with Gasteiger partial charge in [0.05, 0.1) is 5.01 Å². The second-order valence-corrected chi connectivity index (χ2v) is 6.54. The van der Waals surface area contributed by atoms with Crippen molar-refractivity contribution in [1.29, 1.82) is 0 Å². The van der Waals surface area contributed by atoms with Crippen LogP contribution in [0, 0.1) is 6.92 Å². The molecule has 4 aromatic rings. The molecule has 0 saturated carbocycles. The van der Waals surface area contributed by atoms with Crippen molar-refractivity contribution < 1.29 is 9.26 Å². The average Bonchev–Trinajstić information content (AvgIpc) is 3.30. The largest absolute Gasteiger partial charge is 0.489 e. The van der Waals surface area contributed by atoms with Crippen molar-refractivity contribution in [3.8, 4) is 28.7 Å². The zero-order valence-electron chi connectivity index (χ0n) is 13.5. The maximum Gasteiger partial charge on any atom is 0.277 e. The molecule has 2 aromatic carbocycles. The number of hydrogen-bond acceptors (Lipinski definition) is 6. The van der Waals surface area contributed by atoms with E-state index in [4.69, 9.17) is 9.26 Å². The zero-order chi connectivity index (χ0) is 17.1. The van der Waals surface area contributed by atoms with Crippen molar-refractivity contribution in [2.45, 2.75) is 13.5 Å². The van der Waals surface area contributed by atoms with Gasteiger partial charge in [0.1, 0.15) is 18.1 Å². The van der Waals surface area contributed by atoms with Gasteiger partial charge in [0.2, 0.25) is 5.82 Å². The molecular formula is C19H15N3O2S. The molecule has 124 valence electrons. The van der Waals surface area contributed by atoms with Crippen LogP contribution in [0.5, 0.6) is 5.75 Å². The molecule has 6 heteroatoms. The van der Waals surface area contributed by atoms with Crippen LogP contribution in [0.25, 0.3) is 23.0 Å². The van der Waals surface area contributed by atoms with Gasteiger partial charge in [0, 0.05) is 10.9 Å². The summed E-state index contributed by atoms with van der Waals surface area (Å²) in [5.41, 5.74) is 2.69. The first-order valence-electron chi connectivity index (χ1n) is 7.81. The summed E-state index contributed by atoms with van der Waals surface area (Å²) in [5, 5.41) is 6.93. The van der Waals surface area contributed by atoms with Crippen LogP contribution in [0.2, 0.25) is 0 Å². The van der Waals surface area contributed by atoms with E-state index in [1.54, 1.807) is 11.3 Å². The van der Waals surface area contributed by atoms with Crippen LogP contribution in [0.1, 0.15) is 10.6 Å². The molecule has 0 saturated heterocycles. The van der Waals surface area contributed by atoms with Gasteiger partial charge in [-0.1, -0.05) is 47.6 Å². The van der Waals surface area contributed by atoms with Crippen LogP contribution in [-0.4, -0.2) is 15.1 Å². The second kappa shape index (κ2) is 6.86. The van der Waals surface area contributed by atoms with E-state index >= 15 is 0 Å². The Hall–Kier alpha value is -2.99. The molecule has 0 amide bonds. The molecule has 5 nitrogen and oxygen atoms in total. The van der Waals surface area contributed by atoms with Crippen LogP contribution < -0.4 is 4.74 Å². The Morgan fingerprint density at radius 1 is 1.00 bits per heavy atom. The first kappa shape index (κ1) is 15.5. The van der Waals surface area contributed by atoms with Gasteiger partial charge in [0.15, 0.2) is 0 Å². The molecule has 0 aliphatic carbocycles. The zero-order valence-corrected chi connectivity index (χ0v) is 14.4. The Balaban J connectivity index is 1.46. The fraction of sp³-hybridized carbons (Fsp3) is 0.105. The number of hydrogen-bond donors (Lipinski definition) is 0. The van der Waals surface area contributed by atoms with E-state index in [0.29, 0.717) is 24.0 Å². The smallest absolute Gasteiger partial charge is 0.277 e. The predicted molar refractivity (Wildman–Crippen MR) is 96.4 cm³/mol. The minimum Gasteiger partial charge on any atom is -0.489 e. The molecule has 0 unspecified atom stereocenters. The summed E-state index contributed by atoms with van der Waals surface area (Å²) in [5.74, 6) is 1.85. The highest BCUT2D eigenvalue weighted by Crippen LogP contribution is 2.24. The number of thiazole rings is 1. The van der Waals surface area contributed by atoms with Crippen LogP contribution in [-0.2, 0) is 6.61 Å². The third-order valence-electron chi connectivity index (χ3n) is 3.62. The number of aromatic nitrogens is 3. The standard InChI is InChI=1S/C19H15N3O2S/c1-13-20-17(12-25-13)19-21-18(22-24-19)15-9-7-14(8-10-15)11-23-16-5-3-2-4-6-16/h2-10,12H,11H2,1H3. The Morgan fingerprint density at radius 3 is 2.52 bits per heavy atom. The van der Waals surface area contributed by atoms with Crippen LogP contribution in [0.3, 0.4) is 0 Å². The maximum atomic E-state index is 5.75. The van der Waals surface area contributed by atoms with Gasteiger partial charge in [-0.3, -0.25) is 0 Å². The number of ether oxygens (including phenoxy) is 1. The predicted octanol–water partition coefficient (Wildman–Crippen LogP) is 4.75. The van der Waals surface area contributed by atoms with Gasteiger partial charge in [-0.2, -0.15) is 4.98 Å². The highest BCUT2D eigenvalue weighted by atomic mass is 32.1. The Kier molecular flexibility index (Phi) is 4.26. The van der Waals surface area contributed by atoms with E-state index in [0.717, 1.165) is 21.9 Å². The number of nitrogens with zero attached hydrogens (tertiary/aromatic N) is 3. The Morgan fingerprint density at radius 2 is 1.80 bits per heavy atom. The van der Waals surface area contributed by atoms with Gasteiger partial charge >= 0.3 is 0 Å². The lowest BCUT2D eigenvalue weighted by atomic mass is 10.1. The molecule has 0 aliphatic rings. The third kappa shape index (κ3) is 3.59. The van der Waals surface area contributed by atoms with Gasteiger partial charge in [0.25, 0.3) is 5.89 Å². The fourth-order valence-electron chi connectivity index (χ4n) is 2.34. The Labute approximate surface area is 148 Å². The summed E-state index contributed by atoms with van der Waals surface area (Å²) in [6, 6.07) is 17.7. The van der Waals surface area contributed by atoms with E-state index in [1.807, 2.05) is 66.9 Å². The van der Waals surface area contributed by atoms with Gasteiger partial charge in [-0.25, -0.2) is 4.98 Å². The highest BCUT2D eigenvalue weighted by Gasteiger charge is 2.13. The topological polar surface area (TPSA) is 61.0 Å². The summed E-state index contributed by atoms with van der Waals surface area (Å²) in [6.07, 6.45) is 0. The lowest BCUT2D eigenvalue weighted by Crippen LogP contribution is -1.95. The molecule has 0 spiro atoms. The van der Waals surface area contributed by atoms with Crippen molar-refractivity contribution >= 4 is 11.3 Å². The maximum absolute atomic E-state index is 5.75. The molecule has 2 aromatic heterocycles. The van der Waals surface area contributed by atoms with Crippen LogP contribution in [0.15, 0.2) is 64.5 Å². The van der Waals surface area contributed by atoms with Crippen molar-refractivity contribution in [2.75, 3.05) is 0 Å². The van der Waals surface area contributed by atoms with E-state index in [9.17, 15) is 0 Å². The third-order valence-corrected chi connectivity index (χ3v) is 4.40. The Bertz CT molecular complexity index is 962. The lowest BCUT2D eigenvalue weighted by molar-refractivity contribution is 0.306. The fourth-order valence-corrected chi connectivity index (χ4v) is 2.93. The van der Waals surface area contributed by atoms with Crippen LogP contribution >= 0.6 is 11.3 Å². The average molecular weight is 349 g/mol. The lowest BCUT2D eigenvalue weighted by Gasteiger charge is -2.06. The van der Waals surface area contributed by atoms with Gasteiger partial charge in [-0.15, -0.1) is 11.3 Å². The minimum absolute atomic E-state index is 0.441. The minimum atomic E-state index is 0.441. The molecule has 2 heterocycles. The SMILES string of the molecule is Cc1nc(-c2nc(-c3ccc(COc4ccccc4)cc3)no2)cs1. The number of para-hydroxylation sites is 1.